The van der Waals surface area contributed by atoms with Crippen molar-refractivity contribution in [1.29, 1.82) is 0 Å². The summed E-state index contributed by atoms with van der Waals surface area (Å²) in [6, 6.07) is 16.7. The van der Waals surface area contributed by atoms with E-state index in [-0.39, 0.29) is 11.8 Å². The quantitative estimate of drug-likeness (QED) is 0.535. The Balaban J connectivity index is 1.81. The number of aromatic nitrogens is 3. The molecular formula is C23H27N3O2S. The van der Waals surface area contributed by atoms with Gasteiger partial charge in [-0.1, -0.05) is 86.6 Å². The fourth-order valence-corrected chi connectivity index (χ4v) is 3.89. The zero-order valence-corrected chi connectivity index (χ0v) is 18.2. The molecule has 0 saturated carbocycles. The number of nitrogens with zero attached hydrogens (tertiary/aromatic N) is 3. The minimum atomic E-state index is -0.831. The van der Waals surface area contributed by atoms with Crippen LogP contribution in [-0.4, -0.2) is 25.8 Å². The number of carbonyl (C=O) groups is 1. The molecule has 5 nitrogen and oxygen atoms in total. The normalized spacial score (nSPS) is 11.6. The Morgan fingerprint density at radius 2 is 1.69 bits per heavy atom. The third kappa shape index (κ3) is 5.48. The molecule has 6 heteroatoms. The topological polar surface area (TPSA) is 68.0 Å². The zero-order valence-electron chi connectivity index (χ0n) is 17.3. The van der Waals surface area contributed by atoms with Crippen LogP contribution in [0, 0.1) is 6.92 Å². The molecule has 152 valence electrons. The summed E-state index contributed by atoms with van der Waals surface area (Å²) in [6.07, 6.45) is 0.0325. The average molecular weight is 410 g/mol. The van der Waals surface area contributed by atoms with Crippen LogP contribution in [0.1, 0.15) is 43.9 Å². The van der Waals surface area contributed by atoms with Gasteiger partial charge in [0.1, 0.15) is 0 Å². The monoisotopic (exact) mass is 409 g/mol. The summed E-state index contributed by atoms with van der Waals surface area (Å²) >= 11 is 1.58. The molecule has 0 aliphatic rings. The van der Waals surface area contributed by atoms with E-state index in [0.717, 1.165) is 16.5 Å². The maximum absolute atomic E-state index is 11.1. The molecule has 2 aromatic carbocycles. The summed E-state index contributed by atoms with van der Waals surface area (Å²) in [5, 5.41) is 18.6. The second kappa shape index (κ2) is 8.82. The van der Waals surface area contributed by atoms with Crippen LogP contribution in [-0.2, 0) is 22.5 Å². The molecule has 0 saturated heterocycles. The Morgan fingerprint density at radius 1 is 1.03 bits per heavy atom. The minimum Gasteiger partial charge on any atom is -0.481 e. The van der Waals surface area contributed by atoms with Crippen LogP contribution in [0.2, 0.25) is 0 Å². The van der Waals surface area contributed by atoms with E-state index in [0.29, 0.717) is 12.4 Å². The fourth-order valence-electron chi connectivity index (χ4n) is 2.97. The van der Waals surface area contributed by atoms with Gasteiger partial charge < -0.3 is 9.67 Å². The molecule has 3 aromatic rings. The van der Waals surface area contributed by atoms with Gasteiger partial charge in [-0.3, -0.25) is 4.79 Å². The van der Waals surface area contributed by atoms with Crippen molar-refractivity contribution in [1.82, 2.24) is 14.8 Å². The predicted molar refractivity (Wildman–Crippen MR) is 117 cm³/mol. The van der Waals surface area contributed by atoms with Gasteiger partial charge in [0.25, 0.3) is 0 Å². The number of rotatable bonds is 7. The maximum atomic E-state index is 11.1. The summed E-state index contributed by atoms with van der Waals surface area (Å²) in [5.74, 6) is 0.628. The highest BCUT2D eigenvalue weighted by atomic mass is 32.2. The lowest BCUT2D eigenvalue weighted by molar-refractivity contribution is -0.137. The van der Waals surface area contributed by atoms with Crippen molar-refractivity contribution in [2.24, 2.45) is 0 Å². The smallest absolute Gasteiger partial charge is 0.305 e. The van der Waals surface area contributed by atoms with E-state index < -0.39 is 5.97 Å². The van der Waals surface area contributed by atoms with Crippen molar-refractivity contribution in [3.8, 4) is 11.4 Å². The van der Waals surface area contributed by atoms with E-state index in [1.165, 1.54) is 16.7 Å². The lowest BCUT2D eigenvalue weighted by atomic mass is 9.87. The van der Waals surface area contributed by atoms with Crippen LogP contribution in [0.3, 0.4) is 0 Å². The summed E-state index contributed by atoms with van der Waals surface area (Å²) in [6.45, 7) is 8.98. The van der Waals surface area contributed by atoms with Crippen LogP contribution >= 0.6 is 11.8 Å². The van der Waals surface area contributed by atoms with Gasteiger partial charge >= 0.3 is 5.97 Å². The predicted octanol–water partition coefficient (Wildman–Crippen LogP) is 5.32. The van der Waals surface area contributed by atoms with Gasteiger partial charge in [0.15, 0.2) is 11.0 Å². The SMILES string of the molecule is Cc1ccc(-c2nnc(SCc3ccc(C(C)(C)C)cc3)n2CCC(=O)O)cc1. The lowest BCUT2D eigenvalue weighted by Gasteiger charge is -2.19. The molecule has 0 fully saturated rings. The Hall–Kier alpha value is -2.60. The lowest BCUT2D eigenvalue weighted by Crippen LogP contribution is -2.10. The summed E-state index contributed by atoms with van der Waals surface area (Å²) in [7, 11) is 0. The highest BCUT2D eigenvalue weighted by molar-refractivity contribution is 7.98. The highest BCUT2D eigenvalue weighted by Crippen LogP contribution is 2.28. The number of hydrogen-bond donors (Lipinski definition) is 1. The summed E-state index contributed by atoms with van der Waals surface area (Å²) < 4.78 is 1.91. The van der Waals surface area contributed by atoms with E-state index in [9.17, 15) is 4.79 Å². The Morgan fingerprint density at radius 3 is 2.28 bits per heavy atom. The number of thioether (sulfide) groups is 1. The number of aryl methyl sites for hydroxylation is 1. The van der Waals surface area contributed by atoms with Crippen LogP contribution in [0.25, 0.3) is 11.4 Å². The molecular weight excluding hydrogens is 382 g/mol. The average Bonchev–Trinajstić information content (AvgIpc) is 3.07. The number of aliphatic carboxylic acids is 1. The van der Waals surface area contributed by atoms with Crippen LogP contribution in [0.4, 0.5) is 0 Å². The third-order valence-corrected chi connectivity index (χ3v) is 5.80. The van der Waals surface area contributed by atoms with E-state index in [1.807, 2.05) is 35.8 Å². The highest BCUT2D eigenvalue weighted by Gasteiger charge is 2.16. The molecule has 0 amide bonds. The first kappa shape index (κ1) is 21.1. The third-order valence-electron chi connectivity index (χ3n) is 4.76. The van der Waals surface area contributed by atoms with E-state index in [2.05, 4.69) is 55.2 Å². The minimum absolute atomic E-state index is 0.0325. The van der Waals surface area contributed by atoms with Crippen molar-refractivity contribution >= 4 is 17.7 Å². The molecule has 1 aromatic heterocycles. The Bertz CT molecular complexity index is 971. The fraction of sp³-hybridized carbons (Fsp3) is 0.348. The Labute approximate surface area is 176 Å². The first-order valence-corrected chi connectivity index (χ1v) is 10.7. The van der Waals surface area contributed by atoms with Crippen molar-refractivity contribution in [3.63, 3.8) is 0 Å². The molecule has 0 unspecified atom stereocenters. The molecule has 29 heavy (non-hydrogen) atoms. The molecule has 0 spiro atoms. The van der Waals surface area contributed by atoms with E-state index >= 15 is 0 Å². The van der Waals surface area contributed by atoms with Crippen molar-refractivity contribution < 1.29 is 9.90 Å². The van der Waals surface area contributed by atoms with Gasteiger partial charge in [-0.25, -0.2) is 0 Å². The van der Waals surface area contributed by atoms with Crippen molar-refractivity contribution in [2.75, 3.05) is 0 Å². The van der Waals surface area contributed by atoms with Crippen molar-refractivity contribution in [2.45, 2.75) is 57.0 Å². The molecule has 0 bridgehead atoms. The van der Waals surface area contributed by atoms with E-state index in [4.69, 9.17) is 5.11 Å². The van der Waals surface area contributed by atoms with Gasteiger partial charge in [-0.2, -0.15) is 0 Å². The Kier molecular flexibility index (Phi) is 6.42. The number of carboxylic acid groups (broad SMARTS) is 1. The molecule has 1 N–H and O–H groups in total. The largest absolute Gasteiger partial charge is 0.481 e. The molecule has 0 aliphatic heterocycles. The number of carboxylic acids is 1. The van der Waals surface area contributed by atoms with Gasteiger partial charge in [0.2, 0.25) is 0 Å². The van der Waals surface area contributed by atoms with Gasteiger partial charge in [0.05, 0.1) is 6.42 Å². The zero-order chi connectivity index (χ0) is 21.0. The van der Waals surface area contributed by atoms with Gasteiger partial charge in [-0.05, 0) is 23.5 Å². The molecule has 0 radical (unpaired) electrons. The maximum Gasteiger partial charge on any atom is 0.305 e. The second-order valence-electron chi connectivity index (χ2n) is 8.20. The summed E-state index contributed by atoms with van der Waals surface area (Å²) in [4.78, 5) is 11.1. The second-order valence-corrected chi connectivity index (χ2v) is 9.15. The molecule has 3 rings (SSSR count). The number of hydrogen-bond acceptors (Lipinski definition) is 4. The van der Waals surface area contributed by atoms with E-state index in [1.54, 1.807) is 11.8 Å². The first-order valence-electron chi connectivity index (χ1n) is 9.68. The first-order chi connectivity index (χ1) is 13.7. The van der Waals surface area contributed by atoms with Crippen LogP contribution in [0.5, 0.6) is 0 Å². The standard InChI is InChI=1S/C23H27N3O2S/c1-16-5-9-18(10-6-16)21-24-25-22(26(21)14-13-20(27)28)29-15-17-7-11-19(12-8-17)23(2,3)4/h5-12H,13-15H2,1-4H3,(H,27,28). The van der Waals surface area contributed by atoms with Gasteiger partial charge in [-0.15, -0.1) is 10.2 Å². The van der Waals surface area contributed by atoms with Crippen LogP contribution in [0.15, 0.2) is 53.7 Å². The molecule has 0 atom stereocenters. The molecule has 1 heterocycles. The van der Waals surface area contributed by atoms with Crippen molar-refractivity contribution in [3.05, 3.63) is 65.2 Å². The molecule has 0 aliphatic carbocycles. The van der Waals surface area contributed by atoms with Crippen LogP contribution < -0.4 is 0 Å². The number of benzene rings is 2. The summed E-state index contributed by atoms with van der Waals surface area (Å²) in [5.41, 5.74) is 4.74. The van der Waals surface area contributed by atoms with Gasteiger partial charge in [0, 0.05) is 17.9 Å².